The average Bonchev–Trinajstić information content (AvgIpc) is 2.25. The molecule has 1 aromatic rings. The molecule has 0 N–H and O–H groups in total. The fourth-order valence-corrected chi connectivity index (χ4v) is 1.49. The van der Waals surface area contributed by atoms with Crippen LogP contribution in [-0.2, 0) is 32.5 Å². The molecule has 1 rings (SSSR count). The number of ether oxygens (including phenoxy) is 1. The number of carbonyl (C=O) groups excluding carboxylic acids is 1. The summed E-state index contributed by atoms with van der Waals surface area (Å²) in [6, 6.07) is 7.71. The first-order valence-electron chi connectivity index (χ1n) is 4.72. The molecule has 0 spiro atoms. The minimum absolute atomic E-state index is 0. The maximum absolute atomic E-state index is 10.1. The first-order valence-corrected chi connectivity index (χ1v) is 5.93. The second-order valence-electron chi connectivity index (χ2n) is 3.11. The third-order valence-corrected chi connectivity index (χ3v) is 2.58. The number of carboxylic acids is 1. The van der Waals surface area contributed by atoms with Crippen LogP contribution in [0.25, 0.3) is 0 Å². The topological polar surface area (TPSA) is 49.4 Å². The summed E-state index contributed by atoms with van der Waals surface area (Å²) in [5.74, 6) is -0.263. The fraction of sp³-hybridized carbons (Fsp3) is 0.364. The number of rotatable bonds is 6. The molecule has 0 atom stereocenters. The van der Waals surface area contributed by atoms with E-state index in [0.29, 0.717) is 13.0 Å². The molecule has 0 saturated heterocycles. The molecule has 0 saturated carbocycles. The van der Waals surface area contributed by atoms with Gasteiger partial charge in [0.05, 0.1) is 0 Å². The van der Waals surface area contributed by atoms with Crippen LogP contribution >= 0.6 is 0 Å². The van der Waals surface area contributed by atoms with Gasteiger partial charge in [0.15, 0.2) is 0 Å². The van der Waals surface area contributed by atoms with E-state index >= 15 is 0 Å². The van der Waals surface area contributed by atoms with Crippen molar-refractivity contribution >= 4 is 22.0 Å². The van der Waals surface area contributed by atoms with Crippen LogP contribution in [0.2, 0.25) is 0 Å². The minimum Gasteiger partial charge on any atom is 1.00 e. The Kier molecular flexibility index (Phi) is 8.71. The van der Waals surface area contributed by atoms with Crippen LogP contribution in [0.15, 0.2) is 24.3 Å². The van der Waals surface area contributed by atoms with Gasteiger partial charge in [-0.2, -0.15) is 0 Å². The number of aliphatic carboxylic acids is 1. The van der Waals surface area contributed by atoms with Crippen molar-refractivity contribution in [2.75, 3.05) is 6.61 Å². The zero-order chi connectivity index (χ0) is 11.1. The van der Waals surface area contributed by atoms with Crippen LogP contribution in [0.4, 0.5) is 0 Å². The molecular formula is C11H12AuO3Se. The largest absolute Gasteiger partial charge is 1.00 e. The molecule has 0 amide bonds. The summed E-state index contributed by atoms with van der Waals surface area (Å²) in [4.78, 5) is 10.1. The van der Waals surface area contributed by atoms with Crippen molar-refractivity contribution in [1.29, 1.82) is 0 Å². The molecule has 0 bridgehead atoms. The van der Waals surface area contributed by atoms with Gasteiger partial charge in [0, 0.05) is 0 Å². The monoisotopic (exact) mass is 469 g/mol. The first-order chi connectivity index (χ1) is 7.22. The van der Waals surface area contributed by atoms with Crippen LogP contribution in [0.3, 0.4) is 0 Å². The van der Waals surface area contributed by atoms with Crippen LogP contribution in [0.5, 0.6) is 5.75 Å². The van der Waals surface area contributed by atoms with Gasteiger partial charge in [0.25, 0.3) is 0 Å². The zero-order valence-corrected chi connectivity index (χ0v) is 12.5. The summed E-state index contributed by atoms with van der Waals surface area (Å²) in [5.41, 5.74) is 1.21. The molecule has 0 aromatic heterocycles. The van der Waals surface area contributed by atoms with E-state index in [1.54, 1.807) is 0 Å². The molecule has 0 aliphatic rings. The summed E-state index contributed by atoms with van der Waals surface area (Å²) >= 11 is 2.93. The van der Waals surface area contributed by atoms with Gasteiger partial charge in [0.1, 0.15) is 0 Å². The Balaban J connectivity index is 0.00000225. The third-order valence-electron chi connectivity index (χ3n) is 1.88. The summed E-state index contributed by atoms with van der Waals surface area (Å²) in [6.45, 7) is 0.408. The summed E-state index contributed by atoms with van der Waals surface area (Å²) in [5, 5.41) is 11.0. The van der Waals surface area contributed by atoms with Gasteiger partial charge in [-0.05, 0) is 0 Å². The van der Waals surface area contributed by atoms with Crippen LogP contribution in [0.1, 0.15) is 18.4 Å². The molecule has 1 radical (unpaired) electrons. The van der Waals surface area contributed by atoms with Crippen molar-refractivity contribution in [2.24, 2.45) is 0 Å². The number of carbonyl (C=O) groups is 1. The molecule has 0 unspecified atom stereocenters. The Hall–Kier alpha value is -0.250. The Morgan fingerprint density at radius 2 is 1.94 bits per heavy atom. The third kappa shape index (κ3) is 6.36. The summed E-state index contributed by atoms with van der Waals surface area (Å²) in [7, 11) is 0. The number of hydrogen-bond donors (Lipinski definition) is 0. The average molecular weight is 468 g/mol. The molecular weight excluding hydrogens is 456 g/mol. The van der Waals surface area contributed by atoms with E-state index in [-0.39, 0.29) is 28.8 Å². The van der Waals surface area contributed by atoms with Gasteiger partial charge >= 0.3 is 119 Å². The molecule has 16 heavy (non-hydrogen) atoms. The predicted octanol–water partition coefficient (Wildman–Crippen LogP) is 0.261. The van der Waals surface area contributed by atoms with E-state index in [9.17, 15) is 9.90 Å². The van der Waals surface area contributed by atoms with Crippen LogP contribution < -0.4 is 9.84 Å². The predicted molar refractivity (Wildman–Crippen MR) is 55.6 cm³/mol. The summed E-state index contributed by atoms with van der Waals surface area (Å²) in [6.07, 6.45) is 0.521. The van der Waals surface area contributed by atoms with E-state index in [2.05, 4.69) is 16.0 Å². The maximum Gasteiger partial charge on any atom is 1.00 e. The quantitative estimate of drug-likeness (QED) is 0.445. The second-order valence-corrected chi connectivity index (χ2v) is 3.72. The zero-order valence-electron chi connectivity index (χ0n) is 8.57. The van der Waals surface area contributed by atoms with Gasteiger partial charge < -0.3 is 0 Å². The Labute approximate surface area is 119 Å². The van der Waals surface area contributed by atoms with Gasteiger partial charge in [-0.1, -0.05) is 0 Å². The van der Waals surface area contributed by atoms with Crippen molar-refractivity contribution in [2.45, 2.75) is 18.2 Å². The van der Waals surface area contributed by atoms with E-state index in [0.717, 1.165) is 11.1 Å². The normalized spacial score (nSPS) is 9.31. The van der Waals surface area contributed by atoms with Crippen molar-refractivity contribution < 1.29 is 37.0 Å². The molecule has 0 fully saturated rings. The van der Waals surface area contributed by atoms with Gasteiger partial charge in [-0.25, -0.2) is 0 Å². The van der Waals surface area contributed by atoms with Crippen molar-refractivity contribution in [3.8, 4) is 5.75 Å². The smallest absolute Gasteiger partial charge is 1.00 e. The number of benzene rings is 1. The van der Waals surface area contributed by atoms with E-state index in [1.165, 1.54) is 5.56 Å². The molecule has 0 aliphatic heterocycles. The van der Waals surface area contributed by atoms with Crippen molar-refractivity contribution in [3.63, 3.8) is 0 Å². The Morgan fingerprint density at radius 3 is 2.44 bits per heavy atom. The van der Waals surface area contributed by atoms with Crippen molar-refractivity contribution in [3.05, 3.63) is 29.8 Å². The van der Waals surface area contributed by atoms with Crippen LogP contribution in [0, 0.1) is 0 Å². The maximum atomic E-state index is 10.1. The van der Waals surface area contributed by atoms with Gasteiger partial charge in [0.2, 0.25) is 0 Å². The molecule has 1 aromatic carbocycles. The minimum atomic E-state index is -1.03. The number of hydrogen-bond acceptors (Lipinski definition) is 3. The van der Waals surface area contributed by atoms with Gasteiger partial charge in [-0.15, -0.1) is 0 Å². The molecule has 5 heteroatoms. The van der Waals surface area contributed by atoms with E-state index in [1.807, 2.05) is 24.3 Å². The molecule has 0 aliphatic carbocycles. The Bertz CT molecular complexity index is 314. The SMILES string of the molecule is O=C([O-])CCCOc1ccc(C[Se])cc1.[Au+]. The molecule has 0 heterocycles. The Morgan fingerprint density at radius 1 is 1.31 bits per heavy atom. The fourth-order valence-electron chi connectivity index (χ4n) is 1.09. The van der Waals surface area contributed by atoms with Gasteiger partial charge in [-0.3, -0.25) is 0 Å². The van der Waals surface area contributed by atoms with E-state index in [4.69, 9.17) is 4.74 Å². The second kappa shape index (κ2) is 8.85. The van der Waals surface area contributed by atoms with Crippen LogP contribution in [-0.4, -0.2) is 28.6 Å². The van der Waals surface area contributed by atoms with E-state index < -0.39 is 5.97 Å². The molecule has 3 nitrogen and oxygen atoms in total. The first kappa shape index (κ1) is 15.7. The van der Waals surface area contributed by atoms with Crippen molar-refractivity contribution in [1.82, 2.24) is 0 Å². The molecule has 91 valence electrons. The standard InChI is InChI=1S/C11H13O3Se.Au/c12-11(13)2-1-7-14-10-5-3-9(8-15)4-6-10;/h3-6H,1-2,7-8H2,(H,12,13);/q;+1/p-1. The summed E-state index contributed by atoms with van der Waals surface area (Å²) < 4.78 is 5.35. The number of carboxylic acid groups (broad SMARTS) is 1.